The van der Waals surface area contributed by atoms with E-state index >= 15 is 0 Å². The van der Waals surface area contributed by atoms with E-state index < -0.39 is 5.82 Å². The van der Waals surface area contributed by atoms with E-state index in [-0.39, 0.29) is 16.3 Å². The summed E-state index contributed by atoms with van der Waals surface area (Å²) in [6.07, 6.45) is 0.671. The molecular weight excluding hydrogens is 255 g/mol. The van der Waals surface area contributed by atoms with Crippen LogP contribution in [0.4, 0.5) is 4.39 Å². The number of rotatable bonds is 3. The lowest BCUT2D eigenvalue weighted by Crippen LogP contribution is -1.95. The SMILES string of the molecule is COc1ccc(Cl)c(-c2ccccc2C=O)c1F. The first-order valence-corrected chi connectivity index (χ1v) is 5.63. The maximum atomic E-state index is 14.2. The van der Waals surface area contributed by atoms with Crippen molar-refractivity contribution in [1.82, 2.24) is 0 Å². The van der Waals surface area contributed by atoms with Gasteiger partial charge < -0.3 is 4.74 Å². The third-order valence-corrected chi connectivity index (χ3v) is 2.95. The summed E-state index contributed by atoms with van der Waals surface area (Å²) in [5.74, 6) is -0.477. The monoisotopic (exact) mass is 264 g/mol. The highest BCUT2D eigenvalue weighted by Crippen LogP contribution is 2.36. The van der Waals surface area contributed by atoms with E-state index in [1.807, 2.05) is 0 Å². The minimum Gasteiger partial charge on any atom is -0.494 e. The Kier molecular flexibility index (Phi) is 3.63. The number of ether oxygens (including phenoxy) is 1. The quantitative estimate of drug-likeness (QED) is 0.784. The molecule has 0 saturated heterocycles. The third-order valence-electron chi connectivity index (χ3n) is 2.63. The van der Waals surface area contributed by atoms with Gasteiger partial charge in [-0.3, -0.25) is 4.79 Å². The number of halogens is 2. The summed E-state index contributed by atoms with van der Waals surface area (Å²) in [5, 5.41) is 0.239. The van der Waals surface area contributed by atoms with E-state index in [1.165, 1.54) is 13.2 Å². The molecule has 0 N–H and O–H groups in total. The van der Waals surface area contributed by atoms with Crippen molar-refractivity contribution in [3.8, 4) is 16.9 Å². The van der Waals surface area contributed by atoms with Crippen LogP contribution in [0.3, 0.4) is 0 Å². The van der Waals surface area contributed by atoms with E-state index in [4.69, 9.17) is 16.3 Å². The summed E-state index contributed by atoms with van der Waals surface area (Å²) in [6.45, 7) is 0. The number of carbonyl (C=O) groups excluding carboxylic acids is 1. The first-order chi connectivity index (χ1) is 8.69. The molecule has 0 aliphatic rings. The fourth-order valence-corrected chi connectivity index (χ4v) is 2.01. The molecular formula is C14H10ClFO2. The molecule has 2 aromatic carbocycles. The van der Waals surface area contributed by atoms with Crippen LogP contribution in [0.15, 0.2) is 36.4 Å². The lowest BCUT2D eigenvalue weighted by Gasteiger charge is -2.11. The van der Waals surface area contributed by atoms with Gasteiger partial charge >= 0.3 is 0 Å². The lowest BCUT2D eigenvalue weighted by molar-refractivity contribution is 0.112. The topological polar surface area (TPSA) is 26.3 Å². The second-order valence-electron chi connectivity index (χ2n) is 3.64. The zero-order valence-electron chi connectivity index (χ0n) is 9.61. The second kappa shape index (κ2) is 5.19. The fourth-order valence-electron chi connectivity index (χ4n) is 1.77. The number of hydrogen-bond acceptors (Lipinski definition) is 2. The molecule has 0 heterocycles. The molecule has 0 bridgehead atoms. The van der Waals surface area contributed by atoms with Crippen molar-refractivity contribution in [2.24, 2.45) is 0 Å². The van der Waals surface area contributed by atoms with Crippen LogP contribution in [-0.2, 0) is 0 Å². The third kappa shape index (κ3) is 2.09. The summed E-state index contributed by atoms with van der Waals surface area (Å²) < 4.78 is 19.1. The lowest BCUT2D eigenvalue weighted by atomic mass is 9.99. The van der Waals surface area contributed by atoms with Crippen molar-refractivity contribution in [2.45, 2.75) is 0 Å². The first kappa shape index (κ1) is 12.6. The highest BCUT2D eigenvalue weighted by atomic mass is 35.5. The van der Waals surface area contributed by atoms with Crippen LogP contribution in [0.1, 0.15) is 10.4 Å². The van der Waals surface area contributed by atoms with E-state index in [1.54, 1.807) is 30.3 Å². The van der Waals surface area contributed by atoms with Crippen LogP contribution < -0.4 is 4.74 Å². The van der Waals surface area contributed by atoms with Gasteiger partial charge in [0, 0.05) is 11.1 Å². The van der Waals surface area contributed by atoms with Crippen molar-refractivity contribution in [2.75, 3.05) is 7.11 Å². The average Bonchev–Trinajstić information content (AvgIpc) is 2.39. The van der Waals surface area contributed by atoms with Gasteiger partial charge in [-0.2, -0.15) is 0 Å². The summed E-state index contributed by atoms with van der Waals surface area (Å²) >= 11 is 6.01. The number of methoxy groups -OCH3 is 1. The minimum atomic E-state index is -0.570. The van der Waals surface area contributed by atoms with Crippen LogP contribution in [0.25, 0.3) is 11.1 Å². The second-order valence-corrected chi connectivity index (χ2v) is 4.05. The highest BCUT2D eigenvalue weighted by molar-refractivity contribution is 6.33. The van der Waals surface area contributed by atoms with Gasteiger partial charge in [0.2, 0.25) is 0 Å². The molecule has 92 valence electrons. The molecule has 0 amide bonds. The van der Waals surface area contributed by atoms with Crippen LogP contribution in [0, 0.1) is 5.82 Å². The van der Waals surface area contributed by atoms with Gasteiger partial charge in [-0.25, -0.2) is 4.39 Å². The van der Waals surface area contributed by atoms with Crippen molar-refractivity contribution < 1.29 is 13.9 Å². The molecule has 0 aromatic heterocycles. The average molecular weight is 265 g/mol. The fraction of sp³-hybridized carbons (Fsp3) is 0.0714. The highest BCUT2D eigenvalue weighted by Gasteiger charge is 2.17. The van der Waals surface area contributed by atoms with E-state index in [0.29, 0.717) is 17.4 Å². The Morgan fingerprint density at radius 3 is 2.61 bits per heavy atom. The van der Waals surface area contributed by atoms with Gasteiger partial charge in [0.1, 0.15) is 0 Å². The van der Waals surface area contributed by atoms with Gasteiger partial charge in [-0.05, 0) is 17.7 Å². The molecule has 18 heavy (non-hydrogen) atoms. The molecule has 2 aromatic rings. The standard InChI is InChI=1S/C14H10ClFO2/c1-18-12-7-6-11(15)13(14(12)16)10-5-3-2-4-9(10)8-17/h2-8H,1H3. The molecule has 0 atom stereocenters. The summed E-state index contributed by atoms with van der Waals surface area (Å²) in [5.41, 5.74) is 1.01. The normalized spacial score (nSPS) is 10.2. The number of hydrogen-bond donors (Lipinski definition) is 0. The molecule has 0 fully saturated rings. The molecule has 0 radical (unpaired) electrons. The van der Waals surface area contributed by atoms with E-state index in [2.05, 4.69) is 0 Å². The molecule has 4 heteroatoms. The van der Waals surface area contributed by atoms with Crippen LogP contribution >= 0.6 is 11.6 Å². The van der Waals surface area contributed by atoms with Crippen molar-refractivity contribution in [3.05, 3.63) is 52.8 Å². The number of benzene rings is 2. The van der Waals surface area contributed by atoms with Crippen LogP contribution in [-0.4, -0.2) is 13.4 Å². The molecule has 0 saturated carbocycles. The molecule has 2 rings (SSSR count). The van der Waals surface area contributed by atoms with Gasteiger partial charge in [0.05, 0.1) is 12.1 Å². The zero-order chi connectivity index (χ0) is 13.1. The molecule has 0 unspecified atom stereocenters. The first-order valence-electron chi connectivity index (χ1n) is 5.25. The Bertz CT molecular complexity index is 596. The minimum absolute atomic E-state index is 0.0927. The molecule has 0 aliphatic carbocycles. The summed E-state index contributed by atoms with van der Waals surface area (Å²) in [6, 6.07) is 9.67. The van der Waals surface area contributed by atoms with Gasteiger partial charge in [-0.15, -0.1) is 0 Å². The van der Waals surface area contributed by atoms with Gasteiger partial charge in [0.25, 0.3) is 0 Å². The smallest absolute Gasteiger partial charge is 0.174 e. The largest absolute Gasteiger partial charge is 0.494 e. The van der Waals surface area contributed by atoms with E-state index in [9.17, 15) is 9.18 Å². The van der Waals surface area contributed by atoms with Gasteiger partial charge in [-0.1, -0.05) is 35.9 Å². The Morgan fingerprint density at radius 1 is 1.22 bits per heavy atom. The molecule has 0 spiro atoms. The predicted octanol–water partition coefficient (Wildman–Crippen LogP) is 3.97. The summed E-state index contributed by atoms with van der Waals surface area (Å²) in [7, 11) is 1.38. The maximum absolute atomic E-state index is 14.2. The van der Waals surface area contributed by atoms with Gasteiger partial charge in [0.15, 0.2) is 17.9 Å². The Balaban J connectivity index is 2.74. The van der Waals surface area contributed by atoms with Crippen molar-refractivity contribution >= 4 is 17.9 Å². The Morgan fingerprint density at radius 2 is 1.94 bits per heavy atom. The number of aldehydes is 1. The Labute approximate surface area is 109 Å². The summed E-state index contributed by atoms with van der Waals surface area (Å²) in [4.78, 5) is 11.0. The molecule has 0 aliphatic heterocycles. The van der Waals surface area contributed by atoms with Crippen LogP contribution in [0.5, 0.6) is 5.75 Å². The van der Waals surface area contributed by atoms with Crippen molar-refractivity contribution in [3.63, 3.8) is 0 Å². The predicted molar refractivity (Wildman–Crippen MR) is 68.8 cm³/mol. The van der Waals surface area contributed by atoms with E-state index in [0.717, 1.165) is 0 Å². The maximum Gasteiger partial charge on any atom is 0.174 e. The Hall–Kier alpha value is -1.87. The van der Waals surface area contributed by atoms with Crippen molar-refractivity contribution in [1.29, 1.82) is 0 Å². The van der Waals surface area contributed by atoms with Crippen LogP contribution in [0.2, 0.25) is 5.02 Å². The zero-order valence-corrected chi connectivity index (χ0v) is 10.4. The number of carbonyl (C=O) groups is 1. The molecule has 2 nitrogen and oxygen atoms in total.